The van der Waals surface area contributed by atoms with Crippen molar-refractivity contribution in [1.82, 2.24) is 4.57 Å². The molecule has 4 nitrogen and oxygen atoms in total. The molecule has 2 N–H and O–H groups in total. The molecule has 17 heavy (non-hydrogen) atoms. The number of hydrogen-bond donors (Lipinski definition) is 1. The van der Waals surface area contributed by atoms with Gasteiger partial charge in [-0.2, -0.15) is 0 Å². The number of ether oxygens (including phenoxy) is 1. The largest absolute Gasteiger partial charge is 0.394 e. The summed E-state index contributed by atoms with van der Waals surface area (Å²) in [5.41, 5.74) is 6.70. The average Bonchev–Trinajstić information content (AvgIpc) is 2.35. The van der Waals surface area contributed by atoms with Gasteiger partial charge in [0.15, 0.2) is 0 Å². The molecule has 2 aromatic rings. The molecule has 0 saturated carbocycles. The molecule has 0 aliphatic rings. The highest BCUT2D eigenvalue weighted by molar-refractivity contribution is 5.33. The molecule has 2 rings (SSSR count). The van der Waals surface area contributed by atoms with Crippen molar-refractivity contribution in [1.29, 1.82) is 0 Å². The molecule has 0 saturated heterocycles. The fourth-order valence-corrected chi connectivity index (χ4v) is 1.47. The van der Waals surface area contributed by atoms with E-state index < -0.39 is 0 Å². The quantitative estimate of drug-likeness (QED) is 0.868. The lowest BCUT2D eigenvalue weighted by molar-refractivity contribution is 0.0637. The summed E-state index contributed by atoms with van der Waals surface area (Å²) < 4.78 is 7.24. The second-order valence-electron chi connectivity index (χ2n) is 3.74. The fourth-order valence-electron chi connectivity index (χ4n) is 1.47. The van der Waals surface area contributed by atoms with Crippen molar-refractivity contribution in [2.24, 2.45) is 0 Å². The second-order valence-corrected chi connectivity index (χ2v) is 3.74. The van der Waals surface area contributed by atoms with Crippen molar-refractivity contribution in [3.05, 3.63) is 64.6 Å². The molecule has 0 unspecified atom stereocenters. The van der Waals surface area contributed by atoms with Crippen molar-refractivity contribution in [2.45, 2.75) is 13.3 Å². The molecule has 0 fully saturated rings. The number of anilines is 1. The number of nitrogen functional groups attached to an aromatic ring is 1. The van der Waals surface area contributed by atoms with Gasteiger partial charge in [0, 0.05) is 18.5 Å². The molecule has 0 amide bonds. The van der Waals surface area contributed by atoms with Crippen LogP contribution in [0.5, 0.6) is 0 Å². The number of hydrogen-bond acceptors (Lipinski definition) is 3. The maximum atomic E-state index is 11.1. The van der Waals surface area contributed by atoms with E-state index in [1.807, 2.05) is 30.3 Å². The average molecular weight is 230 g/mol. The van der Waals surface area contributed by atoms with E-state index in [0.717, 1.165) is 5.56 Å². The standard InChI is InChI=1S/C13H14N2O2/c14-12-8-15(7-6-13(12)16)10-17-9-11-4-2-1-3-5-11/h1-8H,9-10,14H2. The monoisotopic (exact) mass is 230 g/mol. The first-order chi connectivity index (χ1) is 8.25. The highest BCUT2D eigenvalue weighted by Gasteiger charge is 1.96. The van der Waals surface area contributed by atoms with Gasteiger partial charge in [-0.25, -0.2) is 0 Å². The topological polar surface area (TPSA) is 57.2 Å². The lowest BCUT2D eigenvalue weighted by Gasteiger charge is -2.08. The summed E-state index contributed by atoms with van der Waals surface area (Å²) in [5, 5.41) is 0. The predicted octanol–water partition coefficient (Wildman–Crippen LogP) is 1.60. The minimum absolute atomic E-state index is 0.163. The van der Waals surface area contributed by atoms with Crippen LogP contribution in [0.2, 0.25) is 0 Å². The Kier molecular flexibility index (Phi) is 3.57. The molecule has 0 radical (unpaired) electrons. The predicted molar refractivity (Wildman–Crippen MR) is 66.3 cm³/mol. The molecule has 4 heteroatoms. The van der Waals surface area contributed by atoms with E-state index in [-0.39, 0.29) is 11.1 Å². The van der Waals surface area contributed by atoms with E-state index in [4.69, 9.17) is 10.5 Å². The molecule has 1 aromatic carbocycles. The number of nitrogens with two attached hydrogens (primary N) is 1. The van der Waals surface area contributed by atoms with Crippen LogP contribution in [0, 0.1) is 0 Å². The summed E-state index contributed by atoms with van der Waals surface area (Å²) >= 11 is 0. The SMILES string of the molecule is Nc1cn(COCc2ccccc2)ccc1=O. The summed E-state index contributed by atoms with van der Waals surface area (Å²) in [4.78, 5) is 11.1. The zero-order chi connectivity index (χ0) is 12.1. The Labute approximate surface area is 99.3 Å². The molecule has 88 valence electrons. The van der Waals surface area contributed by atoms with Crippen molar-refractivity contribution in [3.8, 4) is 0 Å². The molecule has 0 aliphatic heterocycles. The number of benzene rings is 1. The minimum atomic E-state index is -0.163. The van der Waals surface area contributed by atoms with Crippen LogP contribution in [-0.2, 0) is 18.1 Å². The Morgan fingerprint density at radius 2 is 1.94 bits per heavy atom. The number of aromatic nitrogens is 1. The summed E-state index contributed by atoms with van der Waals surface area (Å²) in [7, 11) is 0. The molecule has 0 bridgehead atoms. The summed E-state index contributed by atoms with van der Waals surface area (Å²) in [6.45, 7) is 0.909. The van der Waals surface area contributed by atoms with E-state index in [1.54, 1.807) is 17.0 Å². The number of pyridine rings is 1. The molecule has 0 spiro atoms. The first-order valence-electron chi connectivity index (χ1n) is 5.33. The van der Waals surface area contributed by atoms with Gasteiger partial charge in [-0.05, 0) is 5.56 Å². The van der Waals surface area contributed by atoms with Crippen LogP contribution in [0.3, 0.4) is 0 Å². The van der Waals surface area contributed by atoms with E-state index in [0.29, 0.717) is 13.3 Å². The van der Waals surface area contributed by atoms with Crippen molar-refractivity contribution < 1.29 is 4.74 Å². The van der Waals surface area contributed by atoms with E-state index in [1.165, 1.54) is 6.07 Å². The van der Waals surface area contributed by atoms with Crippen LogP contribution in [0.25, 0.3) is 0 Å². The Balaban J connectivity index is 1.90. The van der Waals surface area contributed by atoms with Crippen molar-refractivity contribution in [3.63, 3.8) is 0 Å². The van der Waals surface area contributed by atoms with E-state index in [9.17, 15) is 4.79 Å². The Hall–Kier alpha value is -2.07. The van der Waals surface area contributed by atoms with Gasteiger partial charge < -0.3 is 15.0 Å². The highest BCUT2D eigenvalue weighted by Crippen LogP contribution is 2.02. The van der Waals surface area contributed by atoms with Crippen LogP contribution in [0.15, 0.2) is 53.6 Å². The maximum Gasteiger partial charge on any atom is 0.204 e. The third-order valence-electron chi connectivity index (χ3n) is 2.36. The summed E-state index contributed by atoms with van der Waals surface area (Å²) in [5.74, 6) is 0. The summed E-state index contributed by atoms with van der Waals surface area (Å²) in [6.07, 6.45) is 3.23. The Morgan fingerprint density at radius 1 is 1.18 bits per heavy atom. The lowest BCUT2D eigenvalue weighted by atomic mass is 10.2. The molecule has 1 heterocycles. The smallest absolute Gasteiger partial charge is 0.204 e. The third-order valence-corrected chi connectivity index (χ3v) is 2.36. The fraction of sp³-hybridized carbons (Fsp3) is 0.154. The van der Waals surface area contributed by atoms with Crippen LogP contribution < -0.4 is 11.2 Å². The Bertz CT molecular complexity index is 535. The van der Waals surface area contributed by atoms with Crippen LogP contribution in [-0.4, -0.2) is 4.57 Å². The molecule has 1 aromatic heterocycles. The van der Waals surface area contributed by atoms with E-state index in [2.05, 4.69) is 0 Å². The van der Waals surface area contributed by atoms with Crippen LogP contribution >= 0.6 is 0 Å². The first-order valence-corrected chi connectivity index (χ1v) is 5.33. The van der Waals surface area contributed by atoms with Gasteiger partial charge in [0.05, 0.1) is 12.3 Å². The van der Waals surface area contributed by atoms with Gasteiger partial charge in [-0.3, -0.25) is 4.79 Å². The Morgan fingerprint density at radius 3 is 2.65 bits per heavy atom. The van der Waals surface area contributed by atoms with Gasteiger partial charge in [0.2, 0.25) is 5.43 Å². The molecule has 0 atom stereocenters. The second kappa shape index (κ2) is 5.32. The zero-order valence-corrected chi connectivity index (χ0v) is 9.37. The lowest BCUT2D eigenvalue weighted by Crippen LogP contribution is -2.12. The first kappa shape index (κ1) is 11.4. The number of rotatable bonds is 4. The highest BCUT2D eigenvalue weighted by atomic mass is 16.5. The van der Waals surface area contributed by atoms with Gasteiger partial charge >= 0.3 is 0 Å². The van der Waals surface area contributed by atoms with Gasteiger partial charge in [0.1, 0.15) is 6.73 Å². The van der Waals surface area contributed by atoms with Crippen molar-refractivity contribution in [2.75, 3.05) is 5.73 Å². The summed E-state index contributed by atoms with van der Waals surface area (Å²) in [6, 6.07) is 11.3. The minimum Gasteiger partial charge on any atom is -0.394 e. The van der Waals surface area contributed by atoms with Gasteiger partial charge in [0.25, 0.3) is 0 Å². The molecular formula is C13H14N2O2. The van der Waals surface area contributed by atoms with Gasteiger partial charge in [-0.15, -0.1) is 0 Å². The molecular weight excluding hydrogens is 216 g/mol. The zero-order valence-electron chi connectivity index (χ0n) is 9.37. The van der Waals surface area contributed by atoms with Crippen molar-refractivity contribution >= 4 is 5.69 Å². The number of nitrogens with zero attached hydrogens (tertiary/aromatic N) is 1. The van der Waals surface area contributed by atoms with Crippen LogP contribution in [0.1, 0.15) is 5.56 Å². The maximum absolute atomic E-state index is 11.1. The van der Waals surface area contributed by atoms with Gasteiger partial charge in [-0.1, -0.05) is 30.3 Å². The normalized spacial score (nSPS) is 10.4. The van der Waals surface area contributed by atoms with E-state index >= 15 is 0 Å². The third kappa shape index (κ3) is 3.19. The van der Waals surface area contributed by atoms with Crippen LogP contribution in [0.4, 0.5) is 5.69 Å². The molecule has 0 aliphatic carbocycles.